The summed E-state index contributed by atoms with van der Waals surface area (Å²) in [6.45, 7) is 4.32. The van der Waals surface area contributed by atoms with Gasteiger partial charge >= 0.3 is 18.0 Å². The molecule has 0 aromatic carbocycles. The van der Waals surface area contributed by atoms with Crippen molar-refractivity contribution in [2.45, 2.75) is 26.2 Å². The topological polar surface area (TPSA) is 87.2 Å². The first-order chi connectivity index (χ1) is 10.0. The number of nitrogens with zero attached hydrogens (tertiary/aromatic N) is 2. The smallest absolute Gasteiger partial charge is 0.320 e. The first-order valence-corrected chi connectivity index (χ1v) is 7.43. The third-order valence-electron chi connectivity index (χ3n) is 4.08. The van der Waals surface area contributed by atoms with E-state index in [-0.39, 0.29) is 30.3 Å². The molecule has 2 rings (SSSR count). The van der Waals surface area contributed by atoms with Crippen molar-refractivity contribution in [3.8, 4) is 0 Å². The lowest BCUT2D eigenvalue weighted by molar-refractivity contribution is -0.149. The molecule has 0 radical (unpaired) electrons. The molecule has 118 valence electrons. The second-order valence-electron chi connectivity index (χ2n) is 5.66. The van der Waals surface area contributed by atoms with Gasteiger partial charge in [-0.25, -0.2) is 4.79 Å². The Balaban J connectivity index is 1.72. The molecular weight excluding hydrogens is 276 g/mol. The fourth-order valence-corrected chi connectivity index (χ4v) is 2.87. The van der Waals surface area contributed by atoms with E-state index in [0.29, 0.717) is 45.6 Å². The van der Waals surface area contributed by atoms with E-state index in [2.05, 4.69) is 0 Å². The zero-order valence-electron chi connectivity index (χ0n) is 12.3. The molecule has 0 unspecified atom stereocenters. The van der Waals surface area contributed by atoms with Crippen LogP contribution in [0.2, 0.25) is 0 Å². The molecule has 2 aliphatic heterocycles. The lowest BCUT2D eigenvalue weighted by Gasteiger charge is -2.42. The number of urea groups is 1. The highest BCUT2D eigenvalue weighted by Crippen LogP contribution is 2.24. The Morgan fingerprint density at radius 2 is 1.76 bits per heavy atom. The van der Waals surface area contributed by atoms with Crippen LogP contribution in [-0.4, -0.2) is 65.7 Å². The fraction of sp³-hybridized carbons (Fsp3) is 0.786. The number of ether oxygens (including phenoxy) is 1. The normalized spacial score (nSPS) is 20.0. The summed E-state index contributed by atoms with van der Waals surface area (Å²) in [4.78, 5) is 37.8. The van der Waals surface area contributed by atoms with Crippen molar-refractivity contribution in [2.24, 2.45) is 11.8 Å². The van der Waals surface area contributed by atoms with Crippen LogP contribution in [0, 0.1) is 11.8 Å². The standard InChI is InChI=1S/C14H22N2O5/c1-2-21-13(19)11-3-5-15(6-4-11)14(20)16-8-10(9-16)7-12(17)18/h10-11H,2-9H2,1H3,(H,17,18). The van der Waals surface area contributed by atoms with Crippen LogP contribution in [0.4, 0.5) is 4.79 Å². The van der Waals surface area contributed by atoms with Gasteiger partial charge in [0.05, 0.1) is 18.9 Å². The highest BCUT2D eigenvalue weighted by molar-refractivity contribution is 5.77. The van der Waals surface area contributed by atoms with E-state index in [1.807, 2.05) is 0 Å². The number of hydrogen-bond donors (Lipinski definition) is 1. The zero-order chi connectivity index (χ0) is 15.4. The summed E-state index contributed by atoms with van der Waals surface area (Å²) in [5, 5.41) is 8.69. The fourth-order valence-electron chi connectivity index (χ4n) is 2.87. The van der Waals surface area contributed by atoms with Crippen LogP contribution in [0.15, 0.2) is 0 Å². The Bertz CT molecular complexity index is 412. The minimum atomic E-state index is -0.817. The summed E-state index contributed by atoms with van der Waals surface area (Å²) in [6, 6.07) is -0.0426. The molecule has 21 heavy (non-hydrogen) atoms. The molecule has 2 fully saturated rings. The highest BCUT2D eigenvalue weighted by atomic mass is 16.5. The van der Waals surface area contributed by atoms with E-state index in [9.17, 15) is 14.4 Å². The minimum absolute atomic E-state index is 0.0426. The number of aliphatic carboxylic acids is 1. The van der Waals surface area contributed by atoms with E-state index in [1.165, 1.54) is 0 Å². The van der Waals surface area contributed by atoms with Crippen molar-refractivity contribution in [1.29, 1.82) is 0 Å². The molecule has 0 aromatic heterocycles. The van der Waals surface area contributed by atoms with E-state index < -0.39 is 5.97 Å². The van der Waals surface area contributed by atoms with Crippen LogP contribution < -0.4 is 0 Å². The maximum atomic E-state index is 12.2. The van der Waals surface area contributed by atoms with Gasteiger partial charge in [0.15, 0.2) is 0 Å². The average molecular weight is 298 g/mol. The number of carboxylic acids is 1. The maximum absolute atomic E-state index is 12.2. The van der Waals surface area contributed by atoms with E-state index in [4.69, 9.17) is 9.84 Å². The quantitative estimate of drug-likeness (QED) is 0.775. The van der Waals surface area contributed by atoms with Crippen molar-refractivity contribution in [3.05, 3.63) is 0 Å². The molecule has 7 heteroatoms. The Hall–Kier alpha value is -1.79. The molecule has 1 N–H and O–H groups in total. The van der Waals surface area contributed by atoms with Gasteiger partial charge in [-0.3, -0.25) is 9.59 Å². The first kappa shape index (κ1) is 15.6. The summed E-state index contributed by atoms with van der Waals surface area (Å²) in [7, 11) is 0. The molecule has 2 saturated heterocycles. The average Bonchev–Trinajstić information content (AvgIpc) is 2.42. The molecule has 0 spiro atoms. The lowest BCUT2D eigenvalue weighted by atomic mass is 9.95. The summed E-state index contributed by atoms with van der Waals surface area (Å²) in [5.41, 5.74) is 0. The summed E-state index contributed by atoms with van der Waals surface area (Å²) in [5.74, 6) is -1.02. The van der Waals surface area contributed by atoms with E-state index >= 15 is 0 Å². The number of likely N-dealkylation sites (tertiary alicyclic amines) is 2. The number of piperidine rings is 1. The number of rotatable bonds is 4. The Kier molecular flexibility index (Phi) is 5.03. The molecule has 0 aromatic rings. The van der Waals surface area contributed by atoms with Crippen molar-refractivity contribution < 1.29 is 24.2 Å². The van der Waals surface area contributed by atoms with Gasteiger partial charge in [0.1, 0.15) is 0 Å². The van der Waals surface area contributed by atoms with Gasteiger partial charge in [-0.2, -0.15) is 0 Å². The summed E-state index contributed by atoms with van der Waals surface area (Å²) in [6.07, 6.45) is 1.39. The van der Waals surface area contributed by atoms with Crippen LogP contribution in [-0.2, 0) is 14.3 Å². The van der Waals surface area contributed by atoms with Gasteiger partial charge < -0.3 is 19.6 Å². The highest BCUT2D eigenvalue weighted by Gasteiger charge is 2.36. The van der Waals surface area contributed by atoms with Crippen LogP contribution in [0.3, 0.4) is 0 Å². The van der Waals surface area contributed by atoms with Gasteiger partial charge in [-0.15, -0.1) is 0 Å². The zero-order valence-corrected chi connectivity index (χ0v) is 12.3. The molecule has 7 nitrogen and oxygen atoms in total. The molecule has 2 amide bonds. The van der Waals surface area contributed by atoms with Crippen molar-refractivity contribution in [3.63, 3.8) is 0 Å². The number of amides is 2. The van der Waals surface area contributed by atoms with E-state index in [0.717, 1.165) is 0 Å². The molecule has 0 aliphatic carbocycles. The van der Waals surface area contributed by atoms with Gasteiger partial charge in [-0.1, -0.05) is 0 Å². The van der Waals surface area contributed by atoms with Gasteiger partial charge in [0.25, 0.3) is 0 Å². The van der Waals surface area contributed by atoms with Crippen LogP contribution in [0.25, 0.3) is 0 Å². The maximum Gasteiger partial charge on any atom is 0.320 e. The molecular formula is C14H22N2O5. The lowest BCUT2D eigenvalue weighted by Crippen LogP contribution is -2.56. The SMILES string of the molecule is CCOC(=O)C1CCN(C(=O)N2CC(CC(=O)O)C2)CC1. The van der Waals surface area contributed by atoms with Crippen molar-refractivity contribution >= 4 is 18.0 Å². The third-order valence-corrected chi connectivity index (χ3v) is 4.08. The Morgan fingerprint density at radius 1 is 1.14 bits per heavy atom. The third kappa shape index (κ3) is 3.86. The van der Waals surface area contributed by atoms with Gasteiger partial charge in [0.2, 0.25) is 0 Å². The number of carbonyl (C=O) groups is 3. The van der Waals surface area contributed by atoms with Gasteiger partial charge in [-0.05, 0) is 19.8 Å². The summed E-state index contributed by atoms with van der Waals surface area (Å²) < 4.78 is 5.00. The Labute approximate surface area is 123 Å². The van der Waals surface area contributed by atoms with Crippen LogP contribution in [0.5, 0.6) is 0 Å². The first-order valence-electron chi connectivity index (χ1n) is 7.43. The molecule has 0 bridgehead atoms. The molecule has 0 atom stereocenters. The predicted molar refractivity (Wildman–Crippen MR) is 73.6 cm³/mol. The van der Waals surface area contributed by atoms with Crippen molar-refractivity contribution in [2.75, 3.05) is 32.8 Å². The second kappa shape index (κ2) is 6.78. The largest absolute Gasteiger partial charge is 0.481 e. The number of esters is 1. The van der Waals surface area contributed by atoms with Gasteiger partial charge in [0, 0.05) is 32.1 Å². The number of carbonyl (C=O) groups excluding carboxylic acids is 2. The van der Waals surface area contributed by atoms with E-state index in [1.54, 1.807) is 16.7 Å². The van der Waals surface area contributed by atoms with Crippen molar-refractivity contribution in [1.82, 2.24) is 9.80 Å². The minimum Gasteiger partial charge on any atom is -0.481 e. The molecule has 2 aliphatic rings. The Morgan fingerprint density at radius 3 is 2.29 bits per heavy atom. The number of carboxylic acid groups (broad SMARTS) is 1. The molecule has 0 saturated carbocycles. The summed E-state index contributed by atoms with van der Waals surface area (Å²) >= 11 is 0. The second-order valence-corrected chi connectivity index (χ2v) is 5.66. The molecule has 2 heterocycles. The monoisotopic (exact) mass is 298 g/mol. The predicted octanol–water partition coefficient (Wildman–Crippen LogP) is 0.788. The van der Waals surface area contributed by atoms with Crippen LogP contribution in [0.1, 0.15) is 26.2 Å². The van der Waals surface area contributed by atoms with Crippen LogP contribution >= 0.6 is 0 Å². The number of hydrogen-bond acceptors (Lipinski definition) is 4.